The second kappa shape index (κ2) is 10.6. The minimum Gasteiger partial charge on any atom is -0.344 e. The van der Waals surface area contributed by atoms with Gasteiger partial charge in [0.2, 0.25) is 15.2 Å². The van der Waals surface area contributed by atoms with E-state index in [1.54, 1.807) is 12.1 Å². The Labute approximate surface area is 214 Å². The van der Waals surface area contributed by atoms with Gasteiger partial charge in [-0.25, -0.2) is 18.1 Å². The lowest BCUT2D eigenvalue weighted by atomic mass is 10.1. The molecule has 1 aliphatic rings. The van der Waals surface area contributed by atoms with Crippen LogP contribution in [0.15, 0.2) is 71.6 Å². The van der Waals surface area contributed by atoms with Gasteiger partial charge in [0.05, 0.1) is 4.90 Å². The maximum absolute atomic E-state index is 12.7. The molecule has 4 aromatic rings. The number of fused-ring (bicyclic) bond motifs is 1. The number of hydrogen-bond acceptors (Lipinski definition) is 7. The fraction of sp³-hybridized carbons (Fsp3) is 0.280. The van der Waals surface area contributed by atoms with E-state index in [1.165, 1.54) is 11.5 Å². The molecule has 1 N–H and O–H groups in total. The largest absolute Gasteiger partial charge is 0.344 e. The maximum Gasteiger partial charge on any atom is 0.240 e. The highest BCUT2D eigenvalue weighted by atomic mass is 35.5. The Balaban J connectivity index is 1.09. The molecule has 1 aromatic heterocycles. The van der Waals surface area contributed by atoms with Crippen molar-refractivity contribution >= 4 is 49.1 Å². The van der Waals surface area contributed by atoms with Crippen molar-refractivity contribution in [2.24, 2.45) is 0 Å². The predicted octanol–water partition coefficient (Wildman–Crippen LogP) is 4.04. The highest BCUT2D eigenvalue weighted by Crippen LogP contribution is 2.21. The van der Waals surface area contributed by atoms with Crippen molar-refractivity contribution in [2.45, 2.75) is 11.3 Å². The summed E-state index contributed by atoms with van der Waals surface area (Å²) in [7, 11) is -3.54. The Morgan fingerprint density at radius 2 is 1.69 bits per heavy atom. The number of halogens is 1. The van der Waals surface area contributed by atoms with E-state index in [0.29, 0.717) is 24.4 Å². The average molecular weight is 528 g/mol. The number of benzene rings is 3. The fourth-order valence-corrected chi connectivity index (χ4v) is 6.07. The van der Waals surface area contributed by atoms with E-state index < -0.39 is 10.0 Å². The van der Waals surface area contributed by atoms with Crippen LogP contribution in [0.25, 0.3) is 10.8 Å². The molecule has 7 nitrogen and oxygen atoms in total. The Morgan fingerprint density at radius 3 is 2.46 bits per heavy atom. The van der Waals surface area contributed by atoms with Gasteiger partial charge in [-0.15, -0.1) is 0 Å². The summed E-state index contributed by atoms with van der Waals surface area (Å²) in [5.74, 6) is 0.817. The standard InChI is InChI=1S/C25H26ClN5O2S2/c26-22-8-5-19(6-9-22)17-24-28-25(34-29-24)31-15-13-30(14-16-31)12-11-27-35(32,33)23-10-7-20-3-1-2-4-21(20)18-23/h1-10,18,27H,11-17H2. The summed E-state index contributed by atoms with van der Waals surface area (Å²) in [6.45, 7) is 4.42. The minimum absolute atomic E-state index is 0.298. The molecule has 0 unspecified atom stereocenters. The maximum atomic E-state index is 12.7. The van der Waals surface area contributed by atoms with Crippen LogP contribution in [0.1, 0.15) is 11.4 Å². The zero-order valence-corrected chi connectivity index (χ0v) is 21.5. The molecule has 182 valence electrons. The summed E-state index contributed by atoms with van der Waals surface area (Å²) in [6, 6.07) is 20.7. The van der Waals surface area contributed by atoms with Gasteiger partial charge >= 0.3 is 0 Å². The number of nitrogens with one attached hydrogen (secondary N) is 1. The molecule has 3 aromatic carbocycles. The first kappa shape index (κ1) is 24.1. The fourth-order valence-electron chi connectivity index (χ4n) is 4.15. The van der Waals surface area contributed by atoms with Gasteiger partial charge in [0.25, 0.3) is 0 Å². The monoisotopic (exact) mass is 527 g/mol. The Morgan fingerprint density at radius 1 is 0.943 bits per heavy atom. The molecule has 0 spiro atoms. The van der Waals surface area contributed by atoms with Gasteiger partial charge in [0.1, 0.15) is 5.82 Å². The van der Waals surface area contributed by atoms with Crippen molar-refractivity contribution in [3.05, 3.63) is 83.1 Å². The van der Waals surface area contributed by atoms with Crippen LogP contribution in [0.5, 0.6) is 0 Å². The number of anilines is 1. The molecule has 1 saturated heterocycles. The topological polar surface area (TPSA) is 78.4 Å². The van der Waals surface area contributed by atoms with Gasteiger partial charge < -0.3 is 4.90 Å². The number of rotatable bonds is 8. The van der Waals surface area contributed by atoms with Crippen LogP contribution < -0.4 is 9.62 Å². The smallest absolute Gasteiger partial charge is 0.240 e. The number of aromatic nitrogens is 2. The second-order valence-electron chi connectivity index (χ2n) is 8.53. The van der Waals surface area contributed by atoms with Crippen LogP contribution in [0, 0.1) is 0 Å². The van der Waals surface area contributed by atoms with Gasteiger partial charge in [-0.05, 0) is 40.6 Å². The normalized spacial score (nSPS) is 15.1. The summed E-state index contributed by atoms with van der Waals surface area (Å²) < 4.78 is 32.8. The average Bonchev–Trinajstić information content (AvgIpc) is 3.34. The van der Waals surface area contributed by atoms with Crippen molar-refractivity contribution in [3.8, 4) is 0 Å². The van der Waals surface area contributed by atoms with Gasteiger partial charge in [-0.2, -0.15) is 4.37 Å². The molecule has 10 heteroatoms. The highest BCUT2D eigenvalue weighted by Gasteiger charge is 2.21. The molecule has 1 aliphatic heterocycles. The van der Waals surface area contributed by atoms with Crippen molar-refractivity contribution in [3.63, 3.8) is 0 Å². The number of sulfonamides is 1. The van der Waals surface area contributed by atoms with E-state index in [-0.39, 0.29) is 0 Å². The molecule has 0 atom stereocenters. The third-order valence-corrected chi connectivity index (χ3v) is 8.65. The Kier molecular flexibility index (Phi) is 7.31. The van der Waals surface area contributed by atoms with Gasteiger partial charge in [-0.3, -0.25) is 4.90 Å². The van der Waals surface area contributed by atoms with Crippen molar-refractivity contribution in [2.75, 3.05) is 44.2 Å². The molecular weight excluding hydrogens is 502 g/mol. The lowest BCUT2D eigenvalue weighted by Gasteiger charge is -2.34. The molecule has 35 heavy (non-hydrogen) atoms. The SMILES string of the molecule is O=S(=O)(NCCN1CCN(c2nc(Cc3ccc(Cl)cc3)ns2)CC1)c1ccc2ccccc2c1. The van der Waals surface area contributed by atoms with E-state index in [1.807, 2.05) is 54.6 Å². The molecule has 0 aliphatic carbocycles. The summed E-state index contributed by atoms with van der Waals surface area (Å²) >= 11 is 7.39. The van der Waals surface area contributed by atoms with Crippen molar-refractivity contribution in [1.29, 1.82) is 0 Å². The Bertz CT molecular complexity index is 1400. The first-order chi connectivity index (χ1) is 17.0. The molecule has 2 heterocycles. The first-order valence-electron chi connectivity index (χ1n) is 11.5. The number of piperazine rings is 1. The summed E-state index contributed by atoms with van der Waals surface area (Å²) in [6.07, 6.45) is 0.686. The zero-order chi connectivity index (χ0) is 24.3. The van der Waals surface area contributed by atoms with E-state index in [4.69, 9.17) is 16.6 Å². The summed E-state index contributed by atoms with van der Waals surface area (Å²) in [5.41, 5.74) is 1.13. The van der Waals surface area contributed by atoms with Crippen LogP contribution >= 0.6 is 23.1 Å². The third-order valence-electron chi connectivity index (χ3n) is 6.13. The molecule has 1 fully saturated rings. The Hall–Kier alpha value is -2.56. The van der Waals surface area contributed by atoms with Gasteiger partial charge in [-0.1, -0.05) is 54.1 Å². The summed E-state index contributed by atoms with van der Waals surface area (Å²) in [4.78, 5) is 9.54. The van der Waals surface area contributed by atoms with Crippen LogP contribution in [-0.2, 0) is 16.4 Å². The van der Waals surface area contributed by atoms with Crippen LogP contribution in [-0.4, -0.2) is 61.9 Å². The lowest BCUT2D eigenvalue weighted by molar-refractivity contribution is 0.262. The number of nitrogens with zero attached hydrogens (tertiary/aromatic N) is 4. The van der Waals surface area contributed by atoms with Gasteiger partial charge in [0.15, 0.2) is 0 Å². The third kappa shape index (κ3) is 5.99. The second-order valence-corrected chi connectivity index (χ2v) is 11.5. The molecule has 0 bridgehead atoms. The van der Waals surface area contributed by atoms with E-state index in [9.17, 15) is 8.42 Å². The van der Waals surface area contributed by atoms with Gasteiger partial charge in [0, 0.05) is 62.2 Å². The number of hydrogen-bond donors (Lipinski definition) is 1. The van der Waals surface area contributed by atoms with Crippen molar-refractivity contribution in [1.82, 2.24) is 19.0 Å². The quantitative estimate of drug-likeness (QED) is 0.372. The van der Waals surface area contributed by atoms with E-state index in [2.05, 4.69) is 18.9 Å². The van der Waals surface area contributed by atoms with Crippen molar-refractivity contribution < 1.29 is 8.42 Å². The molecule has 0 saturated carbocycles. The molecule has 0 radical (unpaired) electrons. The van der Waals surface area contributed by atoms with E-state index >= 15 is 0 Å². The van der Waals surface area contributed by atoms with Crippen LogP contribution in [0.4, 0.5) is 5.13 Å². The first-order valence-corrected chi connectivity index (χ1v) is 14.1. The van der Waals surface area contributed by atoms with E-state index in [0.717, 1.165) is 58.5 Å². The molecular formula is C25H26ClN5O2S2. The van der Waals surface area contributed by atoms with Crippen LogP contribution in [0.3, 0.4) is 0 Å². The zero-order valence-electron chi connectivity index (χ0n) is 19.1. The van der Waals surface area contributed by atoms with Crippen LogP contribution in [0.2, 0.25) is 5.02 Å². The minimum atomic E-state index is -3.54. The molecule has 5 rings (SSSR count). The molecule has 0 amide bonds. The summed E-state index contributed by atoms with van der Waals surface area (Å²) in [5, 5.41) is 3.60. The lowest BCUT2D eigenvalue weighted by Crippen LogP contribution is -2.48. The predicted molar refractivity (Wildman–Crippen MR) is 142 cm³/mol. The highest BCUT2D eigenvalue weighted by molar-refractivity contribution is 7.89.